The molecule has 0 aromatic carbocycles. The Morgan fingerprint density at radius 3 is 2.44 bits per heavy atom. The van der Waals surface area contributed by atoms with Crippen LogP contribution in [0.1, 0.15) is 31.2 Å². The van der Waals surface area contributed by atoms with Gasteiger partial charge in [-0.05, 0) is 6.92 Å². The van der Waals surface area contributed by atoms with Crippen LogP contribution in [0.2, 0.25) is 0 Å². The molecule has 0 unspecified atom stereocenters. The predicted octanol–water partition coefficient (Wildman–Crippen LogP) is 1.26. The van der Waals surface area contributed by atoms with Gasteiger partial charge in [0.1, 0.15) is 0 Å². The van der Waals surface area contributed by atoms with Crippen LogP contribution in [0.25, 0.3) is 0 Å². The van der Waals surface area contributed by atoms with Gasteiger partial charge in [-0.1, -0.05) is 13.8 Å². The molecule has 9 heavy (non-hydrogen) atoms. The Labute approximate surface area is 55.3 Å². The summed E-state index contributed by atoms with van der Waals surface area (Å²) in [5, 5.41) is 6.10. The Hall–Kier alpha value is -0.790. The van der Waals surface area contributed by atoms with E-state index in [9.17, 15) is 0 Å². The van der Waals surface area contributed by atoms with Gasteiger partial charge in [0.15, 0.2) is 0 Å². The van der Waals surface area contributed by atoms with Crippen LogP contribution in [0.15, 0.2) is 6.07 Å². The first-order valence-corrected chi connectivity index (χ1v) is 3.27. The first kappa shape index (κ1) is 6.33. The van der Waals surface area contributed by atoms with Crippen molar-refractivity contribution in [3.05, 3.63) is 17.5 Å². The van der Waals surface area contributed by atoms with Gasteiger partial charge in [0, 0.05) is 12.0 Å². The van der Waals surface area contributed by atoms with E-state index in [2.05, 4.69) is 30.1 Å². The van der Waals surface area contributed by atoms with Gasteiger partial charge in [-0.15, -0.1) is 5.10 Å². The minimum atomic E-state index is 0.593. The second-order valence-electron chi connectivity index (χ2n) is 2.69. The molecule has 0 saturated heterocycles. The monoisotopic (exact) mass is 125 g/mol. The van der Waals surface area contributed by atoms with Crippen LogP contribution >= 0.6 is 0 Å². The highest BCUT2D eigenvalue weighted by Crippen LogP contribution is 2.07. The molecule has 0 fully saturated rings. The third kappa shape index (κ3) is 1.31. The molecule has 0 aliphatic heterocycles. The smallest absolute Gasteiger partial charge is 0.172 e. The predicted molar refractivity (Wildman–Crippen MR) is 36.2 cm³/mol. The van der Waals surface area contributed by atoms with Crippen LogP contribution in [-0.4, -0.2) is 5.10 Å². The van der Waals surface area contributed by atoms with E-state index in [-0.39, 0.29) is 0 Å². The van der Waals surface area contributed by atoms with Crippen LogP contribution in [-0.2, 0) is 0 Å². The standard InChI is InChI=1S/C7H12N2/c1-5(2)7-4-6(3)8-9-7/h4-5H,1-3H3,(H,8,9)/p+1. The zero-order valence-electron chi connectivity index (χ0n) is 6.15. The van der Waals surface area contributed by atoms with Crippen molar-refractivity contribution in [1.82, 2.24) is 5.10 Å². The fraction of sp³-hybridized carbons (Fsp3) is 0.571. The molecule has 0 spiro atoms. The van der Waals surface area contributed by atoms with E-state index in [4.69, 9.17) is 0 Å². The van der Waals surface area contributed by atoms with Crippen molar-refractivity contribution < 1.29 is 5.10 Å². The van der Waals surface area contributed by atoms with Crippen molar-refractivity contribution in [3.63, 3.8) is 0 Å². The molecule has 1 rings (SSSR count). The molecule has 0 aliphatic rings. The lowest BCUT2D eigenvalue weighted by Crippen LogP contribution is -2.09. The Kier molecular flexibility index (Phi) is 1.56. The van der Waals surface area contributed by atoms with Crippen LogP contribution in [0.4, 0.5) is 0 Å². The SMILES string of the molecule is Cc1cc(C(C)C)[nH+][nH]1. The lowest BCUT2D eigenvalue weighted by molar-refractivity contribution is -0.461. The molecule has 0 bridgehead atoms. The van der Waals surface area contributed by atoms with E-state index in [0.717, 1.165) is 0 Å². The highest BCUT2D eigenvalue weighted by molar-refractivity contribution is 5.04. The Morgan fingerprint density at radius 1 is 1.56 bits per heavy atom. The topological polar surface area (TPSA) is 29.9 Å². The van der Waals surface area contributed by atoms with Crippen LogP contribution in [0.5, 0.6) is 0 Å². The van der Waals surface area contributed by atoms with Crippen LogP contribution in [0.3, 0.4) is 0 Å². The summed E-state index contributed by atoms with van der Waals surface area (Å²) in [6, 6.07) is 2.13. The van der Waals surface area contributed by atoms with Crippen LogP contribution < -0.4 is 5.10 Å². The quantitative estimate of drug-likeness (QED) is 0.585. The average Bonchev–Trinajstić information content (AvgIpc) is 2.14. The summed E-state index contributed by atoms with van der Waals surface area (Å²) >= 11 is 0. The summed E-state index contributed by atoms with van der Waals surface area (Å²) in [7, 11) is 0. The maximum Gasteiger partial charge on any atom is 0.207 e. The number of aromatic nitrogens is 2. The number of aromatic amines is 2. The van der Waals surface area contributed by atoms with Crippen molar-refractivity contribution in [2.45, 2.75) is 26.7 Å². The molecule has 1 aromatic heterocycles. The summed E-state index contributed by atoms with van der Waals surface area (Å²) in [4.78, 5) is 0. The van der Waals surface area contributed by atoms with Crippen molar-refractivity contribution in [3.8, 4) is 0 Å². The fourth-order valence-electron chi connectivity index (χ4n) is 0.787. The Bertz CT molecular complexity index is 189. The second-order valence-corrected chi connectivity index (χ2v) is 2.69. The molecular weight excluding hydrogens is 112 g/mol. The van der Waals surface area contributed by atoms with Crippen molar-refractivity contribution >= 4 is 0 Å². The maximum atomic E-state index is 3.08. The summed E-state index contributed by atoms with van der Waals surface area (Å²) in [6.45, 7) is 6.38. The highest BCUT2D eigenvalue weighted by atomic mass is 15.1. The van der Waals surface area contributed by atoms with Gasteiger partial charge >= 0.3 is 0 Å². The Balaban J connectivity index is 2.85. The molecule has 1 heterocycles. The number of hydrogen-bond donors (Lipinski definition) is 1. The zero-order chi connectivity index (χ0) is 6.85. The van der Waals surface area contributed by atoms with Crippen molar-refractivity contribution in [1.29, 1.82) is 0 Å². The number of hydrogen-bond acceptors (Lipinski definition) is 0. The number of aryl methyl sites for hydroxylation is 1. The Morgan fingerprint density at radius 2 is 2.22 bits per heavy atom. The molecule has 0 amide bonds. The molecule has 0 saturated carbocycles. The molecule has 0 aliphatic carbocycles. The van der Waals surface area contributed by atoms with Crippen LogP contribution in [0, 0.1) is 6.92 Å². The molecule has 2 nitrogen and oxygen atoms in total. The summed E-state index contributed by atoms with van der Waals surface area (Å²) in [6.07, 6.45) is 0. The number of rotatable bonds is 1. The number of nitrogens with one attached hydrogen (secondary N) is 2. The third-order valence-corrected chi connectivity index (χ3v) is 1.40. The second kappa shape index (κ2) is 2.21. The molecule has 1 aromatic rings. The van der Waals surface area contributed by atoms with E-state index in [1.807, 2.05) is 6.92 Å². The van der Waals surface area contributed by atoms with Gasteiger partial charge in [-0.3, -0.25) is 0 Å². The van der Waals surface area contributed by atoms with E-state index in [1.54, 1.807) is 0 Å². The van der Waals surface area contributed by atoms with Crippen molar-refractivity contribution in [2.24, 2.45) is 0 Å². The van der Waals surface area contributed by atoms with Gasteiger partial charge in [0.25, 0.3) is 0 Å². The maximum absolute atomic E-state index is 3.08. The molecule has 0 radical (unpaired) electrons. The first-order chi connectivity index (χ1) is 4.20. The highest BCUT2D eigenvalue weighted by Gasteiger charge is 2.07. The first-order valence-electron chi connectivity index (χ1n) is 3.27. The van der Waals surface area contributed by atoms with Gasteiger partial charge in [0.2, 0.25) is 5.69 Å². The third-order valence-electron chi connectivity index (χ3n) is 1.40. The number of H-pyrrole nitrogens is 2. The average molecular weight is 125 g/mol. The summed E-state index contributed by atoms with van der Waals surface area (Å²) in [5.74, 6) is 0.593. The minimum Gasteiger partial charge on any atom is -0.172 e. The zero-order valence-corrected chi connectivity index (χ0v) is 6.15. The van der Waals surface area contributed by atoms with E-state index < -0.39 is 0 Å². The molecule has 2 N–H and O–H groups in total. The summed E-state index contributed by atoms with van der Waals surface area (Å²) in [5.41, 5.74) is 2.46. The lowest BCUT2D eigenvalue weighted by Gasteiger charge is -1.88. The van der Waals surface area contributed by atoms with E-state index >= 15 is 0 Å². The molecule has 2 heteroatoms. The largest absolute Gasteiger partial charge is 0.207 e. The van der Waals surface area contributed by atoms with Crippen molar-refractivity contribution in [2.75, 3.05) is 0 Å². The summed E-state index contributed by atoms with van der Waals surface area (Å²) < 4.78 is 0. The van der Waals surface area contributed by atoms with Gasteiger partial charge in [-0.2, -0.15) is 5.10 Å². The minimum absolute atomic E-state index is 0.593. The fourth-order valence-corrected chi connectivity index (χ4v) is 0.787. The lowest BCUT2D eigenvalue weighted by atomic mass is 10.1. The molecule has 50 valence electrons. The molecular formula is C7H13N2+. The van der Waals surface area contributed by atoms with Gasteiger partial charge in [0.05, 0.1) is 5.69 Å². The normalized spacial score (nSPS) is 10.7. The van der Waals surface area contributed by atoms with E-state index in [1.165, 1.54) is 11.4 Å². The molecule has 0 atom stereocenters. The van der Waals surface area contributed by atoms with Gasteiger partial charge in [-0.25, -0.2) is 0 Å². The van der Waals surface area contributed by atoms with E-state index in [0.29, 0.717) is 5.92 Å². The van der Waals surface area contributed by atoms with Gasteiger partial charge < -0.3 is 0 Å².